The Kier molecular flexibility index (Phi) is 7.36. The largest absolute Gasteiger partial charge is 0.351 e. The summed E-state index contributed by atoms with van der Waals surface area (Å²) < 4.78 is 1.52. The molecule has 1 unspecified atom stereocenters. The van der Waals surface area contributed by atoms with E-state index in [1.54, 1.807) is 14.0 Å². The van der Waals surface area contributed by atoms with E-state index in [1.807, 2.05) is 0 Å². The van der Waals surface area contributed by atoms with Gasteiger partial charge in [-0.3, -0.25) is 19.1 Å². The SMILES string of the molecule is CN1C(=O)c2cc(C(=O)NCCCN3CCCCC3)nn2CC1(C)C(=O)NC1CCCCC1. The molecule has 1 saturated heterocycles. The van der Waals surface area contributed by atoms with Crippen molar-refractivity contribution in [2.24, 2.45) is 0 Å². The van der Waals surface area contributed by atoms with Crippen LogP contribution in [0.4, 0.5) is 0 Å². The highest BCUT2D eigenvalue weighted by Crippen LogP contribution is 2.27. The van der Waals surface area contributed by atoms with Gasteiger partial charge in [-0.15, -0.1) is 0 Å². The number of fused-ring (bicyclic) bond motifs is 1. The van der Waals surface area contributed by atoms with E-state index in [2.05, 4.69) is 20.6 Å². The van der Waals surface area contributed by atoms with Gasteiger partial charge >= 0.3 is 0 Å². The maximum atomic E-state index is 13.2. The zero-order chi connectivity index (χ0) is 23.4. The fraction of sp³-hybridized carbons (Fsp3) is 0.750. The molecule has 9 nitrogen and oxygen atoms in total. The van der Waals surface area contributed by atoms with Crippen LogP contribution >= 0.6 is 0 Å². The predicted molar refractivity (Wildman–Crippen MR) is 125 cm³/mol. The van der Waals surface area contributed by atoms with Crippen molar-refractivity contribution >= 4 is 17.7 Å². The number of carbonyl (C=O) groups excluding carboxylic acids is 3. The van der Waals surface area contributed by atoms with Crippen molar-refractivity contribution in [2.45, 2.75) is 82.8 Å². The topological polar surface area (TPSA) is 99.6 Å². The third kappa shape index (κ3) is 5.23. The molecule has 4 rings (SSSR count). The Morgan fingerprint density at radius 2 is 1.82 bits per heavy atom. The van der Waals surface area contributed by atoms with Crippen molar-refractivity contribution in [3.63, 3.8) is 0 Å². The first-order valence-electron chi connectivity index (χ1n) is 12.6. The van der Waals surface area contributed by atoms with Crippen LogP contribution in [0.15, 0.2) is 6.07 Å². The minimum atomic E-state index is -1.05. The Bertz CT molecular complexity index is 872. The van der Waals surface area contributed by atoms with Crippen LogP contribution in [0, 0.1) is 0 Å². The van der Waals surface area contributed by atoms with E-state index in [1.165, 1.54) is 41.3 Å². The number of aromatic nitrogens is 2. The summed E-state index contributed by atoms with van der Waals surface area (Å²) in [7, 11) is 1.65. The van der Waals surface area contributed by atoms with E-state index in [4.69, 9.17) is 0 Å². The molecule has 1 atom stereocenters. The van der Waals surface area contributed by atoms with Gasteiger partial charge in [-0.2, -0.15) is 5.10 Å². The number of carbonyl (C=O) groups is 3. The van der Waals surface area contributed by atoms with E-state index in [0.29, 0.717) is 12.2 Å². The molecule has 0 spiro atoms. The summed E-state index contributed by atoms with van der Waals surface area (Å²) in [5.41, 5.74) is -0.476. The molecule has 0 aromatic carbocycles. The quantitative estimate of drug-likeness (QED) is 0.607. The van der Waals surface area contributed by atoms with Gasteiger partial charge in [0.15, 0.2) is 5.69 Å². The monoisotopic (exact) mass is 458 g/mol. The summed E-state index contributed by atoms with van der Waals surface area (Å²) in [4.78, 5) is 42.8. The minimum absolute atomic E-state index is 0.157. The number of nitrogens with zero attached hydrogens (tertiary/aromatic N) is 4. The van der Waals surface area contributed by atoms with Crippen LogP contribution in [0.2, 0.25) is 0 Å². The Morgan fingerprint density at radius 1 is 1.12 bits per heavy atom. The molecule has 1 aromatic heterocycles. The zero-order valence-corrected chi connectivity index (χ0v) is 20.1. The normalized spacial score (nSPS) is 24.4. The molecular weight excluding hydrogens is 420 g/mol. The molecule has 3 heterocycles. The molecule has 2 fully saturated rings. The van der Waals surface area contributed by atoms with Gasteiger partial charge in [-0.1, -0.05) is 25.7 Å². The van der Waals surface area contributed by atoms with Crippen molar-refractivity contribution in [3.8, 4) is 0 Å². The van der Waals surface area contributed by atoms with Crippen LogP contribution < -0.4 is 10.6 Å². The summed E-state index contributed by atoms with van der Waals surface area (Å²) in [6.07, 6.45) is 10.1. The van der Waals surface area contributed by atoms with Crippen LogP contribution in [0.5, 0.6) is 0 Å². The number of likely N-dealkylation sites (N-methyl/N-ethyl adjacent to an activating group) is 1. The molecule has 1 aliphatic carbocycles. The second-order valence-electron chi connectivity index (χ2n) is 10.0. The molecule has 3 aliphatic rings. The third-order valence-corrected chi connectivity index (χ3v) is 7.55. The van der Waals surface area contributed by atoms with Gasteiger partial charge in [-0.25, -0.2) is 0 Å². The lowest BCUT2D eigenvalue weighted by Gasteiger charge is -2.41. The molecule has 1 aromatic rings. The Labute approximate surface area is 196 Å². The van der Waals surface area contributed by atoms with Crippen molar-refractivity contribution in [3.05, 3.63) is 17.5 Å². The predicted octanol–water partition coefficient (Wildman–Crippen LogP) is 1.78. The lowest BCUT2D eigenvalue weighted by Crippen LogP contribution is -2.63. The number of nitrogens with one attached hydrogen (secondary N) is 2. The number of hydrogen-bond acceptors (Lipinski definition) is 5. The molecule has 2 N–H and O–H groups in total. The molecule has 0 bridgehead atoms. The second-order valence-corrected chi connectivity index (χ2v) is 10.0. The Morgan fingerprint density at radius 3 is 2.55 bits per heavy atom. The maximum Gasteiger partial charge on any atom is 0.272 e. The molecule has 182 valence electrons. The highest BCUT2D eigenvalue weighted by Gasteiger charge is 2.46. The summed E-state index contributed by atoms with van der Waals surface area (Å²) in [6.45, 7) is 5.85. The van der Waals surface area contributed by atoms with Gasteiger partial charge in [0.1, 0.15) is 11.2 Å². The van der Waals surface area contributed by atoms with Crippen LogP contribution in [-0.4, -0.2) is 82.1 Å². The zero-order valence-electron chi connectivity index (χ0n) is 20.1. The van der Waals surface area contributed by atoms with Gasteiger partial charge in [0, 0.05) is 25.7 Å². The number of amides is 3. The van der Waals surface area contributed by atoms with Crippen LogP contribution in [0.1, 0.15) is 85.7 Å². The molecular formula is C24H38N6O3. The van der Waals surface area contributed by atoms with E-state index in [0.717, 1.165) is 51.7 Å². The number of rotatable bonds is 7. The van der Waals surface area contributed by atoms with Crippen LogP contribution in [-0.2, 0) is 11.3 Å². The lowest BCUT2D eigenvalue weighted by atomic mass is 9.92. The van der Waals surface area contributed by atoms with Crippen molar-refractivity contribution in [1.82, 2.24) is 30.2 Å². The van der Waals surface area contributed by atoms with Gasteiger partial charge < -0.3 is 20.4 Å². The Hall–Kier alpha value is -2.42. The molecule has 0 radical (unpaired) electrons. The molecule has 9 heteroatoms. The minimum Gasteiger partial charge on any atom is -0.351 e. The van der Waals surface area contributed by atoms with E-state index < -0.39 is 5.54 Å². The average Bonchev–Trinajstić information content (AvgIpc) is 3.25. The van der Waals surface area contributed by atoms with Crippen LogP contribution in [0.25, 0.3) is 0 Å². The highest BCUT2D eigenvalue weighted by molar-refractivity contribution is 6.01. The van der Waals surface area contributed by atoms with Crippen molar-refractivity contribution < 1.29 is 14.4 Å². The second kappa shape index (κ2) is 10.2. The number of hydrogen-bond donors (Lipinski definition) is 2. The summed E-state index contributed by atoms with van der Waals surface area (Å²) in [5, 5.41) is 10.5. The molecule has 3 amide bonds. The van der Waals surface area contributed by atoms with Gasteiger partial charge in [0.2, 0.25) is 5.91 Å². The lowest BCUT2D eigenvalue weighted by molar-refractivity contribution is -0.133. The first-order chi connectivity index (χ1) is 15.9. The number of piperidine rings is 1. The molecule has 33 heavy (non-hydrogen) atoms. The fourth-order valence-electron chi connectivity index (χ4n) is 5.20. The third-order valence-electron chi connectivity index (χ3n) is 7.55. The number of likely N-dealkylation sites (tertiary alicyclic amines) is 1. The standard InChI is InChI=1S/C24H38N6O3/c1-24(23(33)26-18-10-5-3-6-11-18)17-30-20(22(32)28(24)2)16-19(27-30)21(31)25-12-9-15-29-13-7-4-8-14-29/h16,18H,3-15,17H2,1-2H3,(H,25,31)(H,26,33). The van der Waals surface area contributed by atoms with E-state index >= 15 is 0 Å². The first-order valence-corrected chi connectivity index (χ1v) is 12.6. The van der Waals surface area contributed by atoms with Crippen LogP contribution in [0.3, 0.4) is 0 Å². The summed E-state index contributed by atoms with van der Waals surface area (Å²) >= 11 is 0. The van der Waals surface area contributed by atoms with Gasteiger partial charge in [-0.05, 0) is 58.7 Å². The smallest absolute Gasteiger partial charge is 0.272 e. The first kappa shape index (κ1) is 23.7. The van der Waals surface area contributed by atoms with Crippen molar-refractivity contribution in [2.75, 3.05) is 33.2 Å². The van der Waals surface area contributed by atoms with E-state index in [9.17, 15) is 14.4 Å². The van der Waals surface area contributed by atoms with Gasteiger partial charge in [0.05, 0.1) is 6.54 Å². The highest BCUT2D eigenvalue weighted by atomic mass is 16.2. The fourth-order valence-corrected chi connectivity index (χ4v) is 5.20. The average molecular weight is 459 g/mol. The van der Waals surface area contributed by atoms with Crippen molar-refractivity contribution in [1.29, 1.82) is 0 Å². The summed E-state index contributed by atoms with van der Waals surface area (Å²) in [5.74, 6) is -0.728. The molecule has 1 saturated carbocycles. The van der Waals surface area contributed by atoms with E-state index in [-0.39, 0.29) is 36.0 Å². The molecule has 2 aliphatic heterocycles. The summed E-state index contributed by atoms with van der Waals surface area (Å²) in [6, 6.07) is 1.70. The Balaban J connectivity index is 1.36. The van der Waals surface area contributed by atoms with Gasteiger partial charge in [0.25, 0.3) is 11.8 Å². The maximum absolute atomic E-state index is 13.2.